The van der Waals surface area contributed by atoms with E-state index in [0.717, 1.165) is 0 Å². The molecule has 114 valence electrons. The van der Waals surface area contributed by atoms with Gasteiger partial charge in [-0.2, -0.15) is 5.10 Å². The lowest BCUT2D eigenvalue weighted by Gasteiger charge is -2.10. The molecule has 2 rings (SSSR count). The summed E-state index contributed by atoms with van der Waals surface area (Å²) in [4.78, 5) is 0. The summed E-state index contributed by atoms with van der Waals surface area (Å²) in [5.74, 6) is -9.93. The summed E-state index contributed by atoms with van der Waals surface area (Å²) in [7, 11) is 0. The molecule has 0 aliphatic rings. The van der Waals surface area contributed by atoms with Crippen LogP contribution < -0.4 is 5.32 Å². The fourth-order valence-corrected chi connectivity index (χ4v) is 1.70. The summed E-state index contributed by atoms with van der Waals surface area (Å²) < 4.78 is 67.4. The van der Waals surface area contributed by atoms with E-state index in [0.29, 0.717) is 5.69 Å². The van der Waals surface area contributed by atoms with Gasteiger partial charge in [-0.3, -0.25) is 4.68 Å². The molecule has 0 saturated heterocycles. The van der Waals surface area contributed by atoms with Crippen LogP contribution in [0, 0.1) is 29.1 Å². The number of halogens is 5. The third kappa shape index (κ3) is 2.84. The molecule has 0 fully saturated rings. The molecule has 0 atom stereocenters. The molecular weight excluding hydrogens is 293 g/mol. The van der Waals surface area contributed by atoms with E-state index in [4.69, 9.17) is 0 Å². The number of aromatic nitrogens is 2. The maximum absolute atomic E-state index is 13.4. The predicted octanol–water partition coefficient (Wildman–Crippen LogP) is 3.77. The number of benzene rings is 1. The molecule has 1 heterocycles. The van der Waals surface area contributed by atoms with Crippen LogP contribution in [0.25, 0.3) is 0 Å². The second-order valence-electron chi connectivity index (χ2n) is 4.68. The molecule has 1 aromatic carbocycles. The molecule has 0 radical (unpaired) electrons. The van der Waals surface area contributed by atoms with Crippen LogP contribution in [0.1, 0.15) is 25.6 Å². The van der Waals surface area contributed by atoms with E-state index in [1.54, 1.807) is 16.9 Å². The Morgan fingerprint density at radius 3 is 2.00 bits per heavy atom. The van der Waals surface area contributed by atoms with Gasteiger partial charge in [-0.15, -0.1) is 0 Å². The van der Waals surface area contributed by atoms with Crippen molar-refractivity contribution in [2.75, 3.05) is 5.32 Å². The minimum Gasteiger partial charge on any atom is -0.374 e. The van der Waals surface area contributed by atoms with E-state index in [-0.39, 0.29) is 12.6 Å². The molecule has 0 aliphatic heterocycles. The van der Waals surface area contributed by atoms with Crippen molar-refractivity contribution in [1.82, 2.24) is 9.78 Å². The smallest absolute Gasteiger partial charge is 0.200 e. The van der Waals surface area contributed by atoms with Gasteiger partial charge in [0.15, 0.2) is 23.3 Å². The van der Waals surface area contributed by atoms with Crippen molar-refractivity contribution >= 4 is 5.69 Å². The summed E-state index contributed by atoms with van der Waals surface area (Å²) in [6.07, 6.45) is 1.65. The average Bonchev–Trinajstić information content (AvgIpc) is 2.92. The molecule has 1 N–H and O–H groups in total. The van der Waals surface area contributed by atoms with Gasteiger partial charge < -0.3 is 5.32 Å². The standard InChI is InChI=1S/C13H12F5N3/c1-6(2)21-4-3-7(20-21)5-19-13-11(17)9(15)8(14)10(16)12(13)18/h3-4,6,19H,5H2,1-2H3. The molecule has 21 heavy (non-hydrogen) atoms. The Hall–Kier alpha value is -2.12. The van der Waals surface area contributed by atoms with Crippen molar-refractivity contribution in [3.63, 3.8) is 0 Å². The van der Waals surface area contributed by atoms with Crippen molar-refractivity contribution in [2.24, 2.45) is 0 Å². The van der Waals surface area contributed by atoms with E-state index in [1.807, 2.05) is 13.8 Å². The first-order chi connectivity index (χ1) is 9.82. The normalized spacial score (nSPS) is 11.2. The van der Waals surface area contributed by atoms with Crippen LogP contribution in [0.3, 0.4) is 0 Å². The molecule has 0 aliphatic carbocycles. The highest BCUT2D eigenvalue weighted by Crippen LogP contribution is 2.27. The van der Waals surface area contributed by atoms with Crippen LogP contribution in [-0.4, -0.2) is 9.78 Å². The van der Waals surface area contributed by atoms with Crippen LogP contribution in [0.4, 0.5) is 27.6 Å². The number of rotatable bonds is 4. The molecule has 8 heteroatoms. The first kappa shape index (κ1) is 15.3. The Bertz CT molecular complexity index is 637. The zero-order valence-electron chi connectivity index (χ0n) is 11.2. The van der Waals surface area contributed by atoms with E-state index < -0.39 is 34.8 Å². The van der Waals surface area contributed by atoms with Crippen molar-refractivity contribution in [3.8, 4) is 0 Å². The Morgan fingerprint density at radius 1 is 1.00 bits per heavy atom. The van der Waals surface area contributed by atoms with Crippen LogP contribution in [0.5, 0.6) is 0 Å². The van der Waals surface area contributed by atoms with Crippen LogP contribution >= 0.6 is 0 Å². The number of nitrogens with zero attached hydrogens (tertiary/aromatic N) is 2. The summed E-state index contributed by atoms with van der Waals surface area (Å²) in [6, 6.07) is 1.67. The largest absolute Gasteiger partial charge is 0.374 e. The van der Waals surface area contributed by atoms with Gasteiger partial charge in [0.25, 0.3) is 0 Å². The van der Waals surface area contributed by atoms with Crippen molar-refractivity contribution in [2.45, 2.75) is 26.4 Å². The zero-order valence-corrected chi connectivity index (χ0v) is 11.2. The first-order valence-corrected chi connectivity index (χ1v) is 6.12. The number of hydrogen-bond acceptors (Lipinski definition) is 2. The third-order valence-electron chi connectivity index (χ3n) is 2.85. The Morgan fingerprint density at radius 2 is 1.52 bits per heavy atom. The Labute approximate surface area is 117 Å². The van der Waals surface area contributed by atoms with Gasteiger partial charge in [-0.25, -0.2) is 22.0 Å². The Balaban J connectivity index is 2.24. The highest BCUT2D eigenvalue weighted by atomic mass is 19.2. The second kappa shape index (κ2) is 5.71. The molecule has 0 amide bonds. The molecule has 0 saturated carbocycles. The number of anilines is 1. The molecule has 1 aromatic heterocycles. The topological polar surface area (TPSA) is 29.9 Å². The van der Waals surface area contributed by atoms with Gasteiger partial charge in [0.05, 0.1) is 12.2 Å². The van der Waals surface area contributed by atoms with E-state index in [9.17, 15) is 22.0 Å². The van der Waals surface area contributed by atoms with Gasteiger partial charge in [-0.1, -0.05) is 0 Å². The van der Waals surface area contributed by atoms with E-state index in [2.05, 4.69) is 10.4 Å². The molecule has 2 aromatic rings. The fraction of sp³-hybridized carbons (Fsp3) is 0.308. The number of hydrogen-bond donors (Lipinski definition) is 1. The first-order valence-electron chi connectivity index (χ1n) is 6.12. The zero-order chi connectivity index (χ0) is 15.7. The Kier molecular flexibility index (Phi) is 4.15. The molecule has 0 spiro atoms. The third-order valence-corrected chi connectivity index (χ3v) is 2.85. The molecule has 0 bridgehead atoms. The van der Waals surface area contributed by atoms with Crippen LogP contribution in [0.15, 0.2) is 12.3 Å². The maximum atomic E-state index is 13.4. The summed E-state index contributed by atoms with van der Waals surface area (Å²) in [5.41, 5.74) is -0.655. The monoisotopic (exact) mass is 305 g/mol. The summed E-state index contributed by atoms with van der Waals surface area (Å²) >= 11 is 0. The molecular formula is C13H12F5N3. The highest BCUT2D eigenvalue weighted by Gasteiger charge is 2.25. The molecule has 0 unspecified atom stereocenters. The second-order valence-corrected chi connectivity index (χ2v) is 4.68. The van der Waals surface area contributed by atoms with E-state index in [1.165, 1.54) is 0 Å². The van der Waals surface area contributed by atoms with Gasteiger partial charge in [0.1, 0.15) is 5.69 Å². The highest BCUT2D eigenvalue weighted by molar-refractivity contribution is 5.47. The van der Waals surface area contributed by atoms with Crippen molar-refractivity contribution < 1.29 is 22.0 Å². The minimum atomic E-state index is -2.18. The van der Waals surface area contributed by atoms with Gasteiger partial charge in [0, 0.05) is 12.2 Å². The van der Waals surface area contributed by atoms with Gasteiger partial charge in [0.2, 0.25) is 5.82 Å². The predicted molar refractivity (Wildman–Crippen MR) is 66.2 cm³/mol. The minimum absolute atomic E-state index is 0.0907. The van der Waals surface area contributed by atoms with Gasteiger partial charge in [-0.05, 0) is 19.9 Å². The number of nitrogens with one attached hydrogen (secondary N) is 1. The fourth-order valence-electron chi connectivity index (χ4n) is 1.70. The quantitative estimate of drug-likeness (QED) is 0.529. The summed E-state index contributed by atoms with van der Waals surface area (Å²) in [6.45, 7) is 3.60. The average molecular weight is 305 g/mol. The lowest BCUT2D eigenvalue weighted by atomic mass is 10.2. The molecule has 3 nitrogen and oxygen atoms in total. The lowest BCUT2D eigenvalue weighted by molar-refractivity contribution is 0.381. The van der Waals surface area contributed by atoms with Crippen LogP contribution in [-0.2, 0) is 6.54 Å². The van der Waals surface area contributed by atoms with Gasteiger partial charge >= 0.3 is 0 Å². The summed E-state index contributed by atoms with van der Waals surface area (Å²) in [5, 5.41) is 6.28. The van der Waals surface area contributed by atoms with Crippen molar-refractivity contribution in [1.29, 1.82) is 0 Å². The maximum Gasteiger partial charge on any atom is 0.200 e. The van der Waals surface area contributed by atoms with Crippen LogP contribution in [0.2, 0.25) is 0 Å². The SMILES string of the molecule is CC(C)n1ccc(CNc2c(F)c(F)c(F)c(F)c2F)n1. The van der Waals surface area contributed by atoms with Crippen molar-refractivity contribution in [3.05, 3.63) is 47.0 Å². The lowest BCUT2D eigenvalue weighted by Crippen LogP contribution is -2.10. The van der Waals surface area contributed by atoms with E-state index >= 15 is 0 Å².